The Morgan fingerprint density at radius 1 is 0.816 bits per heavy atom. The molecule has 0 spiro atoms. The van der Waals surface area contributed by atoms with Crippen molar-refractivity contribution in [1.29, 1.82) is 0 Å². The number of hydrogen-bond acceptors (Lipinski definition) is 6. The second-order valence-electron chi connectivity index (χ2n) is 13.7. The molecule has 3 aliphatic heterocycles. The lowest BCUT2D eigenvalue weighted by Gasteiger charge is -2.37. The summed E-state index contributed by atoms with van der Waals surface area (Å²) in [5.74, 6) is 0.119. The van der Waals surface area contributed by atoms with Crippen LogP contribution < -0.4 is 10.2 Å². The van der Waals surface area contributed by atoms with Crippen LogP contribution in [0, 0.1) is 0 Å². The number of fused-ring (bicyclic) bond motifs is 2. The SMILES string of the molecule is O=C1CCC(N2Cc3c(ccc(CN4CCN(c5ccc([C@@H]6c7ccc(O)cc7CC[C@@H]6c6ccccc6)cc5)CC4)c3Br)C2=O)C(=O)N1. The molecule has 8 rings (SSSR count). The summed E-state index contributed by atoms with van der Waals surface area (Å²) in [6, 6.07) is 29.1. The molecule has 49 heavy (non-hydrogen) atoms. The maximum Gasteiger partial charge on any atom is 0.255 e. The fourth-order valence-corrected chi connectivity index (χ4v) is 8.95. The third-order valence-corrected chi connectivity index (χ3v) is 11.9. The van der Waals surface area contributed by atoms with Gasteiger partial charge in [-0.25, -0.2) is 0 Å². The van der Waals surface area contributed by atoms with E-state index in [1.807, 2.05) is 24.3 Å². The Bertz CT molecular complexity index is 1920. The smallest absolute Gasteiger partial charge is 0.255 e. The Labute approximate surface area is 294 Å². The van der Waals surface area contributed by atoms with Crippen LogP contribution in [0.4, 0.5) is 5.69 Å². The molecular weight excluding hydrogens is 680 g/mol. The number of nitrogens with one attached hydrogen (secondary N) is 1. The number of piperazine rings is 1. The molecule has 0 saturated carbocycles. The maximum atomic E-state index is 13.2. The number of amides is 3. The van der Waals surface area contributed by atoms with Crippen molar-refractivity contribution in [1.82, 2.24) is 15.1 Å². The molecule has 3 heterocycles. The summed E-state index contributed by atoms with van der Waals surface area (Å²) >= 11 is 3.80. The molecule has 4 aromatic rings. The van der Waals surface area contributed by atoms with Crippen molar-refractivity contribution in [3.8, 4) is 5.75 Å². The van der Waals surface area contributed by atoms with Gasteiger partial charge in [-0.1, -0.05) is 70.5 Å². The highest BCUT2D eigenvalue weighted by Gasteiger charge is 2.40. The van der Waals surface area contributed by atoms with Gasteiger partial charge < -0.3 is 14.9 Å². The predicted molar refractivity (Wildman–Crippen MR) is 192 cm³/mol. The molecule has 2 N–H and O–H groups in total. The molecule has 2 fully saturated rings. The van der Waals surface area contributed by atoms with Crippen molar-refractivity contribution >= 4 is 39.3 Å². The van der Waals surface area contributed by atoms with Gasteiger partial charge in [0.25, 0.3) is 5.91 Å². The monoisotopic (exact) mass is 718 g/mol. The molecular formula is C40H39BrN4O4. The van der Waals surface area contributed by atoms with Gasteiger partial charge in [-0.15, -0.1) is 0 Å². The van der Waals surface area contributed by atoms with Crippen molar-refractivity contribution in [2.75, 3.05) is 31.1 Å². The molecule has 8 nitrogen and oxygen atoms in total. The van der Waals surface area contributed by atoms with Crippen LogP contribution in [-0.2, 0) is 29.1 Å². The van der Waals surface area contributed by atoms with Crippen molar-refractivity contribution in [3.05, 3.63) is 128 Å². The number of hydrogen-bond donors (Lipinski definition) is 2. The van der Waals surface area contributed by atoms with Crippen LogP contribution in [0.1, 0.15) is 74.8 Å². The van der Waals surface area contributed by atoms with Crippen LogP contribution in [0.2, 0.25) is 0 Å². The Morgan fingerprint density at radius 2 is 1.59 bits per heavy atom. The maximum absolute atomic E-state index is 13.2. The topological polar surface area (TPSA) is 93.2 Å². The number of aryl methyl sites for hydroxylation is 1. The first-order valence-electron chi connectivity index (χ1n) is 17.2. The minimum Gasteiger partial charge on any atom is -0.508 e. The van der Waals surface area contributed by atoms with Crippen LogP contribution in [-0.4, -0.2) is 64.8 Å². The van der Waals surface area contributed by atoms with Gasteiger partial charge in [-0.05, 0) is 88.9 Å². The zero-order chi connectivity index (χ0) is 33.6. The number of carbonyl (C=O) groups is 3. The van der Waals surface area contributed by atoms with Gasteiger partial charge in [0, 0.05) is 67.3 Å². The van der Waals surface area contributed by atoms with Gasteiger partial charge in [-0.2, -0.15) is 0 Å². The summed E-state index contributed by atoms with van der Waals surface area (Å²) in [5, 5.41) is 12.6. The summed E-state index contributed by atoms with van der Waals surface area (Å²) in [6.07, 6.45) is 2.61. The summed E-state index contributed by atoms with van der Waals surface area (Å²) < 4.78 is 0.930. The van der Waals surface area contributed by atoms with Gasteiger partial charge in [0.1, 0.15) is 11.8 Å². The van der Waals surface area contributed by atoms with Crippen molar-refractivity contribution in [3.63, 3.8) is 0 Å². The van der Waals surface area contributed by atoms with Crippen LogP contribution >= 0.6 is 15.9 Å². The molecule has 4 aromatic carbocycles. The third kappa shape index (κ3) is 6.04. The molecule has 2 saturated heterocycles. The Hall–Kier alpha value is -4.47. The van der Waals surface area contributed by atoms with E-state index in [1.165, 1.54) is 27.9 Å². The number of imide groups is 1. The first kappa shape index (κ1) is 31.8. The molecule has 250 valence electrons. The number of carbonyl (C=O) groups excluding carboxylic acids is 3. The van der Waals surface area contributed by atoms with Gasteiger partial charge in [-0.3, -0.25) is 24.6 Å². The van der Waals surface area contributed by atoms with Crippen LogP contribution in [0.3, 0.4) is 0 Å². The Kier molecular flexibility index (Phi) is 8.49. The highest BCUT2D eigenvalue weighted by molar-refractivity contribution is 9.10. The number of aromatic hydroxyl groups is 1. The van der Waals surface area contributed by atoms with E-state index in [4.69, 9.17) is 0 Å². The summed E-state index contributed by atoms with van der Waals surface area (Å²) in [6.45, 7) is 4.80. The molecule has 1 unspecified atom stereocenters. The largest absolute Gasteiger partial charge is 0.508 e. The van der Waals surface area contributed by atoms with E-state index in [2.05, 4.69) is 91.7 Å². The quantitative estimate of drug-likeness (QED) is 0.234. The molecule has 3 amide bonds. The van der Waals surface area contributed by atoms with Crippen molar-refractivity contribution < 1.29 is 19.5 Å². The number of piperidine rings is 1. The zero-order valence-electron chi connectivity index (χ0n) is 27.3. The molecule has 4 aliphatic rings. The first-order valence-corrected chi connectivity index (χ1v) is 18.0. The van der Waals surface area contributed by atoms with E-state index in [9.17, 15) is 19.5 Å². The van der Waals surface area contributed by atoms with Gasteiger partial charge in [0.05, 0.1) is 0 Å². The number of phenolic OH excluding ortho intramolecular Hbond substituents is 1. The lowest BCUT2D eigenvalue weighted by atomic mass is 9.69. The lowest BCUT2D eigenvalue weighted by molar-refractivity contribution is -0.136. The van der Waals surface area contributed by atoms with Gasteiger partial charge in [0.15, 0.2) is 0 Å². The minimum atomic E-state index is -0.617. The highest BCUT2D eigenvalue weighted by atomic mass is 79.9. The number of phenols is 1. The fourth-order valence-electron chi connectivity index (χ4n) is 8.35. The van der Waals surface area contributed by atoms with E-state index in [0.717, 1.165) is 61.2 Å². The Morgan fingerprint density at radius 3 is 2.35 bits per heavy atom. The van der Waals surface area contributed by atoms with E-state index in [-0.39, 0.29) is 24.2 Å². The number of halogens is 1. The van der Waals surface area contributed by atoms with Crippen LogP contribution in [0.5, 0.6) is 5.75 Å². The molecule has 0 radical (unpaired) electrons. The highest BCUT2D eigenvalue weighted by Crippen LogP contribution is 2.47. The molecule has 9 heteroatoms. The summed E-state index contributed by atoms with van der Waals surface area (Å²) in [5.41, 5.74) is 9.11. The number of benzene rings is 4. The third-order valence-electron chi connectivity index (χ3n) is 10.9. The fraction of sp³-hybridized carbons (Fsp3) is 0.325. The molecule has 0 bridgehead atoms. The second kappa shape index (κ2) is 13.1. The normalized spacial score (nSPS) is 22.6. The standard InChI is InChI=1S/C40H39BrN4O4/c41-38-28(9-14-33-34(38)24-45(40(33)49)35-16-17-36(47)42-39(35)48)23-43-18-20-44(21-19-43)29-10-6-26(7-11-29)37-31(25-4-2-1-3-5-25)13-8-27-22-30(46)12-15-32(27)37/h1-7,9-12,14-15,22,31,35,37,46H,8,13,16-21,23-24H2,(H,42,47,48)/t31-,35?,37+/m1/s1. The van der Waals surface area contributed by atoms with E-state index < -0.39 is 11.9 Å². The van der Waals surface area contributed by atoms with Crippen molar-refractivity contribution in [2.45, 2.75) is 56.7 Å². The van der Waals surface area contributed by atoms with Crippen LogP contribution in [0.15, 0.2) is 89.4 Å². The van der Waals surface area contributed by atoms with E-state index in [1.54, 1.807) is 4.90 Å². The minimum absolute atomic E-state index is 0.154. The first-order chi connectivity index (χ1) is 23.8. The average molecular weight is 720 g/mol. The predicted octanol–water partition coefficient (Wildman–Crippen LogP) is 6.10. The van der Waals surface area contributed by atoms with Gasteiger partial charge in [0.2, 0.25) is 11.8 Å². The average Bonchev–Trinajstić information content (AvgIpc) is 3.46. The lowest BCUT2D eigenvalue weighted by Crippen LogP contribution is -2.52. The van der Waals surface area contributed by atoms with Gasteiger partial charge >= 0.3 is 0 Å². The molecule has 1 aliphatic carbocycles. The number of rotatable bonds is 6. The van der Waals surface area contributed by atoms with E-state index >= 15 is 0 Å². The van der Waals surface area contributed by atoms with Crippen molar-refractivity contribution in [2.24, 2.45) is 0 Å². The summed E-state index contributed by atoms with van der Waals surface area (Å²) in [4.78, 5) is 43.9. The summed E-state index contributed by atoms with van der Waals surface area (Å²) in [7, 11) is 0. The number of anilines is 1. The second-order valence-corrected chi connectivity index (χ2v) is 14.5. The molecule has 3 atom stereocenters. The number of nitrogens with zero attached hydrogens (tertiary/aromatic N) is 3. The van der Waals surface area contributed by atoms with E-state index in [0.29, 0.717) is 30.2 Å². The molecule has 0 aromatic heterocycles. The Balaban J connectivity index is 0.934. The van der Waals surface area contributed by atoms with Crippen LogP contribution in [0.25, 0.3) is 0 Å². The zero-order valence-corrected chi connectivity index (χ0v) is 28.9.